The van der Waals surface area contributed by atoms with Crippen molar-refractivity contribution in [1.29, 1.82) is 0 Å². The first-order valence-corrected chi connectivity index (χ1v) is 6.26. The minimum absolute atomic E-state index is 0.178. The molecule has 110 valence electrons. The van der Waals surface area contributed by atoms with Gasteiger partial charge in [-0.15, -0.1) is 0 Å². The van der Waals surface area contributed by atoms with Gasteiger partial charge >= 0.3 is 0 Å². The van der Waals surface area contributed by atoms with Gasteiger partial charge in [0.05, 0.1) is 18.3 Å². The van der Waals surface area contributed by atoms with Crippen LogP contribution in [0, 0.1) is 0 Å². The third kappa shape index (κ3) is 3.96. The molecule has 0 fully saturated rings. The first-order valence-electron chi connectivity index (χ1n) is 6.26. The highest BCUT2D eigenvalue weighted by Gasteiger charge is 2.26. The molecule has 0 spiro atoms. The van der Waals surface area contributed by atoms with Gasteiger partial charge in [-0.2, -0.15) is 0 Å². The summed E-state index contributed by atoms with van der Waals surface area (Å²) in [4.78, 5) is 23.2. The highest BCUT2D eigenvalue weighted by atomic mass is 16.5. The summed E-state index contributed by atoms with van der Waals surface area (Å²) in [6.07, 6.45) is 0. The zero-order valence-electron chi connectivity index (χ0n) is 12.5. The lowest BCUT2D eigenvalue weighted by Crippen LogP contribution is -2.47. The Balaban J connectivity index is 3.02. The van der Waals surface area contributed by atoms with Crippen LogP contribution in [0.2, 0.25) is 0 Å². The number of carbonyl (C=O) groups is 2. The molecule has 3 N–H and O–H groups in total. The van der Waals surface area contributed by atoms with Crippen molar-refractivity contribution < 1.29 is 14.3 Å². The van der Waals surface area contributed by atoms with Crippen LogP contribution >= 0.6 is 0 Å². The Bertz CT molecular complexity index is 512. The number of nitrogens with one attached hydrogen (secondary N) is 3. The molecular formula is C14H21N3O3. The maximum Gasteiger partial charge on any atom is 0.244 e. The topological polar surface area (TPSA) is 79.5 Å². The quantitative estimate of drug-likeness (QED) is 0.764. The third-order valence-corrected chi connectivity index (χ3v) is 2.96. The molecule has 0 heterocycles. The van der Waals surface area contributed by atoms with Crippen molar-refractivity contribution in [3.8, 4) is 5.75 Å². The summed E-state index contributed by atoms with van der Waals surface area (Å²) >= 11 is 0. The van der Waals surface area contributed by atoms with Crippen molar-refractivity contribution in [2.24, 2.45) is 0 Å². The van der Waals surface area contributed by atoms with Crippen molar-refractivity contribution in [3.63, 3.8) is 0 Å². The number of ether oxygens (including phenoxy) is 1. The van der Waals surface area contributed by atoms with Crippen molar-refractivity contribution in [2.75, 3.05) is 24.8 Å². The Hall–Kier alpha value is -2.08. The van der Waals surface area contributed by atoms with Gasteiger partial charge < -0.3 is 20.7 Å². The van der Waals surface area contributed by atoms with Gasteiger partial charge in [0, 0.05) is 12.6 Å². The van der Waals surface area contributed by atoms with Crippen LogP contribution in [-0.2, 0) is 9.59 Å². The lowest BCUT2D eigenvalue weighted by molar-refractivity contribution is -0.121. The largest absolute Gasteiger partial charge is 0.495 e. The number of likely N-dealkylation sites (N-methyl/N-ethyl adjacent to an activating group) is 1. The average Bonchev–Trinajstić information content (AvgIpc) is 2.38. The molecule has 0 bridgehead atoms. The Kier molecular flexibility index (Phi) is 5.10. The van der Waals surface area contributed by atoms with Gasteiger partial charge in [0.15, 0.2) is 0 Å². The van der Waals surface area contributed by atoms with E-state index in [9.17, 15) is 9.59 Å². The Labute approximate surface area is 118 Å². The molecule has 0 aromatic heterocycles. The number of methoxy groups -OCH3 is 1. The van der Waals surface area contributed by atoms with E-state index >= 15 is 0 Å². The summed E-state index contributed by atoms with van der Waals surface area (Å²) in [6, 6.07) is 5.05. The first kappa shape index (κ1) is 16.0. The average molecular weight is 279 g/mol. The van der Waals surface area contributed by atoms with Gasteiger partial charge in [-0.1, -0.05) is 0 Å². The summed E-state index contributed by atoms with van der Waals surface area (Å²) in [6.45, 7) is 4.96. The van der Waals surface area contributed by atoms with Gasteiger partial charge in [-0.05, 0) is 39.1 Å². The SMILES string of the molecule is CNC(C)(C)C(=O)Nc1cc(NC(C)=O)ccc1OC. The van der Waals surface area contributed by atoms with Crippen LogP contribution in [0.15, 0.2) is 18.2 Å². The Morgan fingerprint density at radius 1 is 1.20 bits per heavy atom. The van der Waals surface area contributed by atoms with Crippen LogP contribution in [0.4, 0.5) is 11.4 Å². The Morgan fingerprint density at radius 2 is 1.85 bits per heavy atom. The van der Waals surface area contributed by atoms with E-state index in [1.165, 1.54) is 14.0 Å². The third-order valence-electron chi connectivity index (χ3n) is 2.96. The van der Waals surface area contributed by atoms with Gasteiger partial charge in [-0.25, -0.2) is 0 Å². The second-order valence-electron chi connectivity index (χ2n) is 4.93. The Morgan fingerprint density at radius 3 is 2.35 bits per heavy atom. The second-order valence-corrected chi connectivity index (χ2v) is 4.93. The zero-order valence-corrected chi connectivity index (χ0v) is 12.5. The molecule has 1 aromatic carbocycles. The molecule has 0 aliphatic heterocycles. The van der Waals surface area contributed by atoms with E-state index in [1.54, 1.807) is 39.1 Å². The standard InChI is InChI=1S/C14H21N3O3/c1-9(18)16-10-6-7-12(20-5)11(8-10)17-13(19)14(2,3)15-4/h6-8,15H,1-5H3,(H,16,18)(H,17,19). The van der Waals surface area contributed by atoms with Crippen LogP contribution < -0.4 is 20.7 Å². The number of benzene rings is 1. The van der Waals surface area contributed by atoms with Crippen molar-refractivity contribution in [1.82, 2.24) is 5.32 Å². The van der Waals surface area contributed by atoms with Gasteiger partial charge in [0.25, 0.3) is 0 Å². The molecule has 0 unspecified atom stereocenters. The summed E-state index contributed by atoms with van der Waals surface area (Å²) in [5, 5.41) is 8.37. The van der Waals surface area contributed by atoms with Crippen molar-refractivity contribution in [2.45, 2.75) is 26.3 Å². The smallest absolute Gasteiger partial charge is 0.244 e. The number of hydrogen-bond donors (Lipinski definition) is 3. The van der Waals surface area contributed by atoms with Gasteiger partial charge in [0.2, 0.25) is 11.8 Å². The van der Waals surface area contributed by atoms with E-state index < -0.39 is 5.54 Å². The summed E-state index contributed by atoms with van der Waals surface area (Å²) in [5.74, 6) is 0.153. The maximum absolute atomic E-state index is 12.2. The second kappa shape index (κ2) is 6.38. The van der Waals surface area contributed by atoms with Crippen LogP contribution in [0.1, 0.15) is 20.8 Å². The lowest BCUT2D eigenvalue weighted by atomic mass is 10.0. The lowest BCUT2D eigenvalue weighted by Gasteiger charge is -2.23. The van der Waals surface area contributed by atoms with Gasteiger partial charge in [-0.3, -0.25) is 9.59 Å². The van der Waals surface area contributed by atoms with E-state index in [1.807, 2.05) is 0 Å². The van der Waals surface area contributed by atoms with Crippen LogP contribution in [0.25, 0.3) is 0 Å². The number of amides is 2. The van der Waals surface area contributed by atoms with Crippen LogP contribution in [-0.4, -0.2) is 31.5 Å². The molecule has 1 aromatic rings. The number of rotatable bonds is 5. The number of hydrogen-bond acceptors (Lipinski definition) is 4. The molecule has 6 nitrogen and oxygen atoms in total. The minimum atomic E-state index is -0.713. The molecule has 0 aliphatic carbocycles. The summed E-state index contributed by atoms with van der Waals surface area (Å²) in [7, 11) is 3.23. The monoisotopic (exact) mass is 279 g/mol. The normalized spacial score (nSPS) is 10.8. The fourth-order valence-electron chi connectivity index (χ4n) is 1.48. The summed E-state index contributed by atoms with van der Waals surface area (Å²) in [5.41, 5.74) is 0.387. The van der Waals surface area contributed by atoms with Gasteiger partial charge in [0.1, 0.15) is 5.75 Å². The highest BCUT2D eigenvalue weighted by Crippen LogP contribution is 2.28. The molecule has 0 aliphatic rings. The van der Waals surface area contributed by atoms with Crippen LogP contribution in [0.3, 0.4) is 0 Å². The molecule has 0 atom stereocenters. The minimum Gasteiger partial charge on any atom is -0.495 e. The van der Waals surface area contributed by atoms with E-state index in [2.05, 4.69) is 16.0 Å². The number of carbonyl (C=O) groups excluding carboxylic acids is 2. The predicted molar refractivity (Wildman–Crippen MR) is 79.1 cm³/mol. The number of anilines is 2. The molecule has 0 radical (unpaired) electrons. The maximum atomic E-state index is 12.2. The van der Waals surface area contributed by atoms with Crippen LogP contribution in [0.5, 0.6) is 5.75 Å². The molecule has 6 heteroatoms. The molecule has 0 saturated heterocycles. The highest BCUT2D eigenvalue weighted by molar-refractivity contribution is 5.99. The van der Waals surface area contributed by atoms with E-state index in [0.29, 0.717) is 17.1 Å². The molecule has 20 heavy (non-hydrogen) atoms. The van der Waals surface area contributed by atoms with E-state index in [0.717, 1.165) is 0 Å². The van der Waals surface area contributed by atoms with Crippen molar-refractivity contribution >= 4 is 23.2 Å². The first-order chi connectivity index (χ1) is 9.30. The molecular weight excluding hydrogens is 258 g/mol. The van der Waals surface area contributed by atoms with Crippen molar-refractivity contribution in [3.05, 3.63) is 18.2 Å². The molecule has 0 saturated carbocycles. The van der Waals surface area contributed by atoms with E-state index in [-0.39, 0.29) is 11.8 Å². The van der Waals surface area contributed by atoms with E-state index in [4.69, 9.17) is 4.74 Å². The zero-order chi connectivity index (χ0) is 15.3. The fraction of sp³-hybridized carbons (Fsp3) is 0.429. The molecule has 2 amide bonds. The molecule has 1 rings (SSSR count). The predicted octanol–water partition coefficient (Wildman–Crippen LogP) is 1.59. The fourth-order valence-corrected chi connectivity index (χ4v) is 1.48. The summed E-state index contributed by atoms with van der Waals surface area (Å²) < 4.78 is 5.20.